The van der Waals surface area contributed by atoms with Crippen molar-refractivity contribution in [3.8, 4) is 11.3 Å². The quantitative estimate of drug-likeness (QED) is 0.540. The first kappa shape index (κ1) is 14.1. The van der Waals surface area contributed by atoms with Crippen LogP contribution in [0.25, 0.3) is 22.2 Å². The topological polar surface area (TPSA) is 99.3 Å². The largest absolute Gasteiger partial charge is 0.303 e. The fraction of sp³-hybridized carbons (Fsp3) is 0. The second-order valence-electron chi connectivity index (χ2n) is 5.10. The minimum absolute atomic E-state index is 0.130. The van der Waals surface area contributed by atoms with Crippen molar-refractivity contribution in [2.45, 2.75) is 0 Å². The van der Waals surface area contributed by atoms with Crippen LogP contribution in [-0.2, 0) is 0 Å². The summed E-state index contributed by atoms with van der Waals surface area (Å²) in [6, 6.07) is 9.76. The summed E-state index contributed by atoms with van der Waals surface area (Å²) in [4.78, 5) is 16.3. The molecule has 8 heteroatoms. The predicted octanol–water partition coefficient (Wildman–Crippen LogP) is 2.74. The molecule has 0 unspecified atom stereocenters. The van der Waals surface area contributed by atoms with E-state index in [1.54, 1.807) is 36.7 Å². The van der Waals surface area contributed by atoms with Crippen molar-refractivity contribution in [3.05, 3.63) is 60.3 Å². The second-order valence-corrected chi connectivity index (χ2v) is 5.10. The lowest BCUT2D eigenvalue weighted by Gasteiger charge is -2.00. The van der Waals surface area contributed by atoms with E-state index in [4.69, 9.17) is 0 Å². The number of rotatable bonds is 3. The third-order valence-electron chi connectivity index (χ3n) is 3.55. The maximum absolute atomic E-state index is 13.9. The van der Waals surface area contributed by atoms with E-state index >= 15 is 0 Å². The summed E-state index contributed by atoms with van der Waals surface area (Å²) in [6.45, 7) is 0. The highest BCUT2D eigenvalue weighted by molar-refractivity contribution is 6.07. The van der Waals surface area contributed by atoms with Crippen LogP contribution in [0.4, 0.5) is 10.2 Å². The number of carbonyl (C=O) groups excluding carboxylic acids is 1. The van der Waals surface area contributed by atoms with Crippen LogP contribution < -0.4 is 5.32 Å². The number of hydrogen-bond donors (Lipinski definition) is 3. The lowest BCUT2D eigenvalue weighted by molar-refractivity contribution is 0.102. The van der Waals surface area contributed by atoms with E-state index < -0.39 is 11.7 Å². The molecule has 118 valence electrons. The molecule has 3 heterocycles. The molecule has 0 aliphatic heterocycles. The zero-order valence-corrected chi connectivity index (χ0v) is 12.2. The van der Waals surface area contributed by atoms with Gasteiger partial charge in [-0.3, -0.25) is 20.0 Å². The molecular weight excluding hydrogens is 311 g/mol. The molecule has 1 amide bonds. The van der Waals surface area contributed by atoms with Crippen LogP contribution in [-0.4, -0.2) is 31.3 Å². The van der Waals surface area contributed by atoms with Gasteiger partial charge in [-0.05, 0) is 30.3 Å². The maximum atomic E-state index is 13.9. The number of nitrogens with zero attached hydrogens (tertiary/aromatic N) is 3. The zero-order valence-electron chi connectivity index (χ0n) is 12.2. The van der Waals surface area contributed by atoms with Crippen molar-refractivity contribution in [2.75, 3.05) is 5.32 Å². The summed E-state index contributed by atoms with van der Waals surface area (Å²) in [7, 11) is 0. The summed E-state index contributed by atoms with van der Waals surface area (Å²) >= 11 is 0. The first-order chi connectivity index (χ1) is 11.7. The number of pyridine rings is 1. The number of anilines is 1. The van der Waals surface area contributed by atoms with Crippen LogP contribution >= 0.6 is 0 Å². The molecule has 0 aliphatic rings. The van der Waals surface area contributed by atoms with Crippen molar-refractivity contribution in [2.24, 2.45) is 0 Å². The van der Waals surface area contributed by atoms with Crippen molar-refractivity contribution in [3.63, 3.8) is 0 Å². The Morgan fingerprint density at radius 1 is 1.12 bits per heavy atom. The number of H-pyrrole nitrogens is 2. The number of hydrogen-bond acceptors (Lipinski definition) is 4. The Labute approximate surface area is 134 Å². The van der Waals surface area contributed by atoms with E-state index in [9.17, 15) is 9.18 Å². The molecule has 3 N–H and O–H groups in total. The molecule has 1 aromatic carbocycles. The smallest absolute Gasteiger partial charge is 0.274 e. The van der Waals surface area contributed by atoms with E-state index in [2.05, 4.69) is 30.7 Å². The predicted molar refractivity (Wildman–Crippen MR) is 85.8 cm³/mol. The van der Waals surface area contributed by atoms with Crippen LogP contribution in [0.2, 0.25) is 0 Å². The average molecular weight is 322 g/mol. The van der Waals surface area contributed by atoms with Gasteiger partial charge in [0.1, 0.15) is 11.5 Å². The van der Waals surface area contributed by atoms with Crippen LogP contribution in [0.5, 0.6) is 0 Å². The Kier molecular flexibility index (Phi) is 3.27. The zero-order chi connectivity index (χ0) is 16.5. The Morgan fingerprint density at radius 3 is 2.88 bits per heavy atom. The molecule has 0 aliphatic carbocycles. The first-order valence-electron chi connectivity index (χ1n) is 7.12. The third kappa shape index (κ3) is 2.39. The van der Waals surface area contributed by atoms with E-state index in [-0.39, 0.29) is 16.9 Å². The highest BCUT2D eigenvalue weighted by Crippen LogP contribution is 2.24. The monoisotopic (exact) mass is 322 g/mol. The average Bonchev–Trinajstić information content (AvgIpc) is 3.24. The molecule has 7 nitrogen and oxygen atoms in total. The van der Waals surface area contributed by atoms with Gasteiger partial charge in [-0.2, -0.15) is 10.2 Å². The number of nitrogens with one attached hydrogen (secondary N) is 3. The molecule has 24 heavy (non-hydrogen) atoms. The molecule has 0 saturated heterocycles. The summed E-state index contributed by atoms with van der Waals surface area (Å²) < 4.78 is 13.9. The van der Waals surface area contributed by atoms with Crippen molar-refractivity contribution in [1.29, 1.82) is 0 Å². The molecule has 3 aromatic heterocycles. The van der Waals surface area contributed by atoms with Gasteiger partial charge in [0.15, 0.2) is 5.82 Å². The lowest BCUT2D eigenvalue weighted by atomic mass is 10.2. The standard InChI is InChI=1S/C16H11FN6O/c17-10-4-1-5-11-14(10)15(23-20-11)19-16(24)13-7-12(21-22-13)9-3-2-6-18-8-9/h1-8H,(H,21,22)(H2,19,20,23,24). The van der Waals surface area contributed by atoms with Gasteiger partial charge in [-0.1, -0.05) is 6.07 Å². The maximum Gasteiger partial charge on any atom is 0.274 e. The SMILES string of the molecule is O=C(Nc1n[nH]c2cccc(F)c12)c1cc(-c2cccnc2)n[nH]1. The first-order valence-corrected chi connectivity index (χ1v) is 7.12. The van der Waals surface area contributed by atoms with Gasteiger partial charge in [0.2, 0.25) is 0 Å². The van der Waals surface area contributed by atoms with Crippen LogP contribution in [0.15, 0.2) is 48.8 Å². The van der Waals surface area contributed by atoms with Crippen LogP contribution in [0, 0.1) is 5.82 Å². The van der Waals surface area contributed by atoms with Crippen LogP contribution in [0.3, 0.4) is 0 Å². The summed E-state index contributed by atoms with van der Waals surface area (Å²) in [6.07, 6.45) is 3.30. The summed E-state index contributed by atoms with van der Waals surface area (Å²) in [5.41, 5.74) is 2.11. The molecule has 0 fully saturated rings. The van der Waals surface area contributed by atoms with Crippen molar-refractivity contribution >= 4 is 22.6 Å². The van der Waals surface area contributed by atoms with E-state index in [1.807, 2.05) is 6.07 Å². The molecule has 0 radical (unpaired) electrons. The normalized spacial score (nSPS) is 10.9. The number of benzene rings is 1. The Morgan fingerprint density at radius 2 is 2.04 bits per heavy atom. The molecule has 0 saturated carbocycles. The van der Waals surface area contributed by atoms with Gasteiger partial charge < -0.3 is 5.32 Å². The summed E-state index contributed by atoms with van der Waals surface area (Å²) in [5, 5.41) is 16.2. The van der Waals surface area contributed by atoms with Gasteiger partial charge in [-0.25, -0.2) is 4.39 Å². The number of halogens is 1. The highest BCUT2D eigenvalue weighted by Gasteiger charge is 2.16. The molecule has 0 atom stereocenters. The summed E-state index contributed by atoms with van der Waals surface area (Å²) in [5.74, 6) is -0.794. The van der Waals surface area contributed by atoms with Crippen LogP contribution in [0.1, 0.15) is 10.5 Å². The highest BCUT2D eigenvalue weighted by atomic mass is 19.1. The fourth-order valence-corrected chi connectivity index (χ4v) is 2.40. The number of aromatic nitrogens is 5. The van der Waals surface area contributed by atoms with Gasteiger partial charge in [-0.15, -0.1) is 0 Å². The number of aromatic amines is 2. The molecular formula is C16H11FN6O. The molecule has 4 aromatic rings. The minimum atomic E-state index is -0.464. The second kappa shape index (κ2) is 5.58. The molecule has 0 spiro atoms. The Balaban J connectivity index is 1.62. The number of amides is 1. The van der Waals surface area contributed by atoms with Gasteiger partial charge in [0, 0.05) is 18.0 Å². The van der Waals surface area contributed by atoms with Crippen molar-refractivity contribution in [1.82, 2.24) is 25.4 Å². The van der Waals surface area contributed by atoms with Gasteiger partial charge in [0.25, 0.3) is 5.91 Å². The third-order valence-corrected chi connectivity index (χ3v) is 3.55. The minimum Gasteiger partial charge on any atom is -0.303 e. The fourth-order valence-electron chi connectivity index (χ4n) is 2.40. The molecule has 4 rings (SSSR count). The molecule has 0 bridgehead atoms. The Hall–Kier alpha value is -3.55. The van der Waals surface area contributed by atoms with E-state index in [1.165, 1.54) is 6.07 Å². The van der Waals surface area contributed by atoms with E-state index in [0.29, 0.717) is 11.2 Å². The van der Waals surface area contributed by atoms with E-state index in [0.717, 1.165) is 5.56 Å². The lowest BCUT2D eigenvalue weighted by Crippen LogP contribution is -2.13. The van der Waals surface area contributed by atoms with Gasteiger partial charge in [0.05, 0.1) is 16.6 Å². The number of fused-ring (bicyclic) bond motifs is 1. The Bertz CT molecular complexity index is 1020. The van der Waals surface area contributed by atoms with Gasteiger partial charge >= 0.3 is 0 Å². The number of carbonyl (C=O) groups is 1. The van der Waals surface area contributed by atoms with Crippen molar-refractivity contribution < 1.29 is 9.18 Å².